The molecule has 1 fully saturated rings. The van der Waals surface area contributed by atoms with Gasteiger partial charge < -0.3 is 4.98 Å². The van der Waals surface area contributed by atoms with E-state index in [0.29, 0.717) is 6.42 Å². The van der Waals surface area contributed by atoms with Crippen molar-refractivity contribution in [2.24, 2.45) is 0 Å². The number of hydrazine groups is 1. The number of anilines is 1. The Labute approximate surface area is 123 Å². The van der Waals surface area contributed by atoms with Crippen LogP contribution in [-0.4, -0.2) is 32.6 Å². The van der Waals surface area contributed by atoms with Crippen molar-refractivity contribution in [2.45, 2.75) is 32.0 Å². The van der Waals surface area contributed by atoms with E-state index in [1.54, 1.807) is 17.5 Å². The Morgan fingerprint density at radius 2 is 2.10 bits per heavy atom. The number of nitrogens with zero attached hydrogens (tertiary/aromatic N) is 2. The van der Waals surface area contributed by atoms with Gasteiger partial charge in [-0.15, -0.1) is 0 Å². The summed E-state index contributed by atoms with van der Waals surface area (Å²) in [6.45, 7) is 3.96. The molecule has 1 saturated heterocycles. The fourth-order valence-corrected chi connectivity index (χ4v) is 2.58. The number of hydrogen-bond donors (Lipinski definition) is 3. The predicted octanol–water partition coefficient (Wildman–Crippen LogP) is 1.52. The van der Waals surface area contributed by atoms with Crippen LogP contribution in [0, 0.1) is 0 Å². The van der Waals surface area contributed by atoms with Gasteiger partial charge in [-0.3, -0.25) is 15.5 Å². The first-order valence-corrected chi connectivity index (χ1v) is 6.97. The van der Waals surface area contributed by atoms with Crippen LogP contribution >= 0.6 is 0 Å². The number of aromatic amines is 1. The third kappa shape index (κ3) is 2.75. The quantitative estimate of drug-likeness (QED) is 0.796. The first-order valence-electron chi connectivity index (χ1n) is 6.97. The van der Waals surface area contributed by atoms with Crippen LogP contribution in [0.2, 0.25) is 0 Å². The van der Waals surface area contributed by atoms with Crippen molar-refractivity contribution >= 4 is 11.6 Å². The number of carbonyl (C=O) groups excluding carboxylic acids is 1. The molecule has 0 saturated carbocycles. The molecular weight excluding hydrogens is 266 g/mol. The van der Waals surface area contributed by atoms with Gasteiger partial charge in [0.15, 0.2) is 0 Å². The third-order valence-electron chi connectivity index (χ3n) is 3.60. The lowest BCUT2D eigenvalue weighted by Crippen LogP contribution is -2.50. The maximum absolute atomic E-state index is 12.6. The average molecular weight is 285 g/mol. The van der Waals surface area contributed by atoms with Crippen molar-refractivity contribution in [3.05, 3.63) is 48.5 Å². The average Bonchev–Trinajstić information content (AvgIpc) is 3.03. The summed E-state index contributed by atoms with van der Waals surface area (Å²) < 4.78 is 0. The highest BCUT2D eigenvalue weighted by atomic mass is 16.2. The Morgan fingerprint density at radius 3 is 2.76 bits per heavy atom. The van der Waals surface area contributed by atoms with Crippen LogP contribution < -0.4 is 10.7 Å². The van der Waals surface area contributed by atoms with Crippen LogP contribution in [0.3, 0.4) is 0 Å². The highest BCUT2D eigenvalue weighted by molar-refractivity contribution is 5.86. The molecule has 0 spiro atoms. The Kier molecular flexibility index (Phi) is 3.39. The SMILES string of the molecule is CC1(C)NC(Cc2cnc[nH]2)C(=O)N1Nc1ccccc1. The van der Waals surface area contributed by atoms with E-state index in [-0.39, 0.29) is 11.9 Å². The minimum absolute atomic E-state index is 0.0263. The molecule has 1 aliphatic heterocycles. The van der Waals surface area contributed by atoms with Crippen molar-refractivity contribution in [3.8, 4) is 0 Å². The highest BCUT2D eigenvalue weighted by Crippen LogP contribution is 2.23. The molecule has 3 N–H and O–H groups in total. The molecule has 110 valence electrons. The van der Waals surface area contributed by atoms with Gasteiger partial charge in [-0.25, -0.2) is 9.99 Å². The second-order valence-electron chi connectivity index (χ2n) is 5.69. The van der Waals surface area contributed by atoms with Gasteiger partial charge >= 0.3 is 0 Å². The molecule has 1 aromatic carbocycles. The molecular formula is C15H19N5O. The van der Waals surface area contributed by atoms with Gasteiger partial charge in [-0.05, 0) is 26.0 Å². The zero-order chi connectivity index (χ0) is 14.9. The molecule has 2 heterocycles. The van der Waals surface area contributed by atoms with Crippen molar-refractivity contribution in [2.75, 3.05) is 5.43 Å². The lowest BCUT2D eigenvalue weighted by Gasteiger charge is -2.31. The van der Waals surface area contributed by atoms with E-state index in [9.17, 15) is 4.79 Å². The summed E-state index contributed by atoms with van der Waals surface area (Å²) in [6, 6.07) is 9.42. The van der Waals surface area contributed by atoms with E-state index in [1.807, 2.05) is 44.2 Å². The molecule has 1 amide bonds. The summed E-state index contributed by atoms with van der Waals surface area (Å²) >= 11 is 0. The first-order chi connectivity index (χ1) is 10.1. The maximum Gasteiger partial charge on any atom is 0.260 e. The number of hydrogen-bond acceptors (Lipinski definition) is 4. The molecule has 1 aromatic heterocycles. The Bertz CT molecular complexity index is 608. The molecule has 1 aliphatic rings. The zero-order valence-corrected chi connectivity index (χ0v) is 12.1. The topological polar surface area (TPSA) is 73.0 Å². The number of carbonyl (C=O) groups is 1. The summed E-state index contributed by atoms with van der Waals surface area (Å²) in [5.41, 5.74) is 4.56. The lowest BCUT2D eigenvalue weighted by atomic mass is 10.1. The molecule has 1 unspecified atom stereocenters. The lowest BCUT2D eigenvalue weighted by molar-refractivity contribution is -0.130. The van der Waals surface area contributed by atoms with E-state index in [2.05, 4.69) is 20.7 Å². The number of benzene rings is 1. The fourth-order valence-electron chi connectivity index (χ4n) is 2.58. The third-order valence-corrected chi connectivity index (χ3v) is 3.60. The Balaban J connectivity index is 1.76. The number of imidazole rings is 1. The van der Waals surface area contributed by atoms with Gasteiger partial charge in [0, 0.05) is 18.3 Å². The van der Waals surface area contributed by atoms with Crippen LogP contribution in [0.1, 0.15) is 19.5 Å². The predicted molar refractivity (Wildman–Crippen MR) is 80.2 cm³/mol. The van der Waals surface area contributed by atoms with Crippen LogP contribution in [0.15, 0.2) is 42.9 Å². The van der Waals surface area contributed by atoms with Gasteiger partial charge in [-0.2, -0.15) is 0 Å². The van der Waals surface area contributed by atoms with E-state index < -0.39 is 5.66 Å². The molecule has 0 bridgehead atoms. The molecule has 0 aliphatic carbocycles. The zero-order valence-electron chi connectivity index (χ0n) is 12.1. The second kappa shape index (κ2) is 5.21. The number of H-pyrrole nitrogens is 1. The molecule has 1 atom stereocenters. The van der Waals surface area contributed by atoms with Crippen LogP contribution in [0.4, 0.5) is 5.69 Å². The highest BCUT2D eigenvalue weighted by Gasteiger charge is 2.44. The second-order valence-corrected chi connectivity index (χ2v) is 5.69. The van der Waals surface area contributed by atoms with Gasteiger partial charge in [0.05, 0.1) is 18.1 Å². The summed E-state index contributed by atoms with van der Waals surface area (Å²) in [4.78, 5) is 19.6. The fraction of sp³-hybridized carbons (Fsp3) is 0.333. The summed E-state index contributed by atoms with van der Waals surface area (Å²) in [6.07, 6.45) is 3.96. The standard InChI is InChI=1S/C15H19N5O/c1-15(2)18-13(8-12-9-16-10-17-12)14(21)20(15)19-11-6-4-3-5-7-11/h3-7,9-10,13,18-19H,8H2,1-2H3,(H,16,17). The van der Waals surface area contributed by atoms with Gasteiger partial charge in [-0.1, -0.05) is 18.2 Å². The van der Waals surface area contributed by atoms with E-state index in [4.69, 9.17) is 0 Å². The summed E-state index contributed by atoms with van der Waals surface area (Å²) in [5.74, 6) is 0.0263. The molecule has 2 aromatic rings. The van der Waals surface area contributed by atoms with Gasteiger partial charge in [0.25, 0.3) is 5.91 Å². The van der Waals surface area contributed by atoms with E-state index in [0.717, 1.165) is 11.4 Å². The van der Waals surface area contributed by atoms with Crippen molar-refractivity contribution in [1.82, 2.24) is 20.3 Å². The van der Waals surface area contributed by atoms with Crippen molar-refractivity contribution in [1.29, 1.82) is 0 Å². The molecule has 3 rings (SSSR count). The normalized spacial score (nSPS) is 20.8. The minimum Gasteiger partial charge on any atom is -0.348 e. The Morgan fingerprint density at radius 1 is 1.33 bits per heavy atom. The van der Waals surface area contributed by atoms with Crippen LogP contribution in [0.5, 0.6) is 0 Å². The first kappa shape index (κ1) is 13.6. The largest absolute Gasteiger partial charge is 0.348 e. The number of rotatable bonds is 4. The Hall–Kier alpha value is -2.34. The van der Waals surface area contributed by atoms with Gasteiger partial charge in [0.2, 0.25) is 0 Å². The number of nitrogens with one attached hydrogen (secondary N) is 3. The molecule has 21 heavy (non-hydrogen) atoms. The number of amides is 1. The monoisotopic (exact) mass is 285 g/mol. The number of para-hydroxylation sites is 1. The molecule has 0 radical (unpaired) electrons. The van der Waals surface area contributed by atoms with E-state index >= 15 is 0 Å². The van der Waals surface area contributed by atoms with Crippen LogP contribution in [-0.2, 0) is 11.2 Å². The molecule has 6 nitrogen and oxygen atoms in total. The minimum atomic E-state index is -0.461. The maximum atomic E-state index is 12.6. The van der Waals surface area contributed by atoms with Crippen molar-refractivity contribution in [3.63, 3.8) is 0 Å². The van der Waals surface area contributed by atoms with Crippen molar-refractivity contribution < 1.29 is 4.79 Å². The molecule has 6 heteroatoms. The summed E-state index contributed by atoms with van der Waals surface area (Å²) in [5, 5.41) is 5.01. The van der Waals surface area contributed by atoms with Gasteiger partial charge in [0.1, 0.15) is 5.66 Å². The smallest absolute Gasteiger partial charge is 0.260 e. The summed E-state index contributed by atoms with van der Waals surface area (Å²) in [7, 11) is 0. The number of aromatic nitrogens is 2. The van der Waals surface area contributed by atoms with Crippen LogP contribution in [0.25, 0.3) is 0 Å². The van der Waals surface area contributed by atoms with E-state index in [1.165, 1.54) is 0 Å².